The van der Waals surface area contributed by atoms with Crippen molar-refractivity contribution in [2.45, 2.75) is 94.1 Å². The summed E-state index contributed by atoms with van der Waals surface area (Å²) in [7, 11) is 0. The first-order valence-corrected chi connectivity index (χ1v) is 12.9. The normalized spacial score (nSPS) is 30.0. The molecular formula is C24H30F5N5O4. The lowest BCUT2D eigenvalue weighted by atomic mass is 9.71. The summed E-state index contributed by atoms with van der Waals surface area (Å²) in [5, 5.41) is 16.3. The molecule has 3 saturated heterocycles. The SMILES string of the molecule is N#C[C@H](C[C@@H]1CCNC1=O)NC(=O)[C@H]1[C@H]2CC[C@H](CC2(F)F)N1C(=O)[C@H](CC1CCC1)NC(=O)C(F)(F)F. The van der Waals surface area contributed by atoms with Crippen molar-refractivity contribution in [1.29, 1.82) is 5.26 Å². The van der Waals surface area contributed by atoms with Gasteiger partial charge >= 0.3 is 12.1 Å². The summed E-state index contributed by atoms with van der Waals surface area (Å²) in [5.74, 6) is -10.2. The number of carbonyl (C=O) groups excluding carboxylic acids is 4. The highest BCUT2D eigenvalue weighted by Gasteiger charge is 2.61. The third-order valence-corrected chi connectivity index (χ3v) is 8.27. The first kappa shape index (κ1) is 28.0. The molecule has 0 unspecified atom stereocenters. The van der Waals surface area contributed by atoms with Gasteiger partial charge < -0.3 is 20.9 Å². The predicted molar refractivity (Wildman–Crippen MR) is 120 cm³/mol. The Morgan fingerprint density at radius 2 is 1.82 bits per heavy atom. The van der Waals surface area contributed by atoms with Crippen molar-refractivity contribution >= 4 is 23.6 Å². The highest BCUT2D eigenvalue weighted by atomic mass is 19.4. The standard InChI is InChI=1S/C24H30F5N5O4/c25-23(26)10-15-4-5-16(23)18(20(36)32-14(11-30)9-13-6-7-31-19(13)35)34(15)21(37)17(8-12-2-1-3-12)33-22(38)24(27,28)29/h12-18H,1-10H2,(H,31,35)(H,32,36)(H,33,38)/t13-,14-,15+,16+,17-,18+/m0/s1. The van der Waals surface area contributed by atoms with E-state index in [1.165, 1.54) is 0 Å². The van der Waals surface area contributed by atoms with Crippen LogP contribution in [-0.2, 0) is 19.2 Å². The van der Waals surface area contributed by atoms with Crippen LogP contribution in [0.1, 0.15) is 57.8 Å². The van der Waals surface area contributed by atoms with Crippen LogP contribution in [0.3, 0.4) is 0 Å². The molecule has 3 heterocycles. The third kappa shape index (κ3) is 5.71. The summed E-state index contributed by atoms with van der Waals surface area (Å²) in [6.45, 7) is 0.405. The quantitative estimate of drug-likeness (QED) is 0.399. The van der Waals surface area contributed by atoms with E-state index >= 15 is 0 Å². The zero-order chi connectivity index (χ0) is 27.8. The van der Waals surface area contributed by atoms with Crippen molar-refractivity contribution in [3.8, 4) is 6.07 Å². The van der Waals surface area contributed by atoms with Gasteiger partial charge in [0.1, 0.15) is 18.1 Å². The van der Waals surface area contributed by atoms with E-state index < -0.39 is 72.2 Å². The molecule has 0 aromatic heterocycles. The number of piperidine rings is 2. The summed E-state index contributed by atoms with van der Waals surface area (Å²) >= 11 is 0. The molecule has 14 heteroatoms. The molecule has 2 aliphatic carbocycles. The van der Waals surface area contributed by atoms with E-state index in [0.29, 0.717) is 25.8 Å². The molecule has 38 heavy (non-hydrogen) atoms. The van der Waals surface area contributed by atoms with Gasteiger partial charge in [0, 0.05) is 24.9 Å². The average molecular weight is 548 g/mol. The molecule has 5 fully saturated rings. The Balaban J connectivity index is 1.58. The highest BCUT2D eigenvalue weighted by molar-refractivity contribution is 5.94. The number of nitrogens with zero attached hydrogens (tertiary/aromatic N) is 2. The second kappa shape index (κ2) is 10.6. The molecule has 0 spiro atoms. The molecule has 3 N–H and O–H groups in total. The van der Waals surface area contributed by atoms with E-state index in [9.17, 15) is 46.4 Å². The van der Waals surface area contributed by atoms with Gasteiger partial charge in [-0.3, -0.25) is 19.2 Å². The Hall–Kier alpha value is -2.98. The number of fused-ring (bicyclic) bond motifs is 3. The van der Waals surface area contributed by atoms with Crippen molar-refractivity contribution in [1.82, 2.24) is 20.9 Å². The molecule has 5 aliphatic rings. The summed E-state index contributed by atoms with van der Waals surface area (Å²) < 4.78 is 68.9. The van der Waals surface area contributed by atoms with Crippen molar-refractivity contribution < 1.29 is 41.1 Å². The van der Waals surface area contributed by atoms with Gasteiger partial charge in [-0.2, -0.15) is 18.4 Å². The number of halogens is 5. The summed E-state index contributed by atoms with van der Waals surface area (Å²) in [4.78, 5) is 51.5. The van der Waals surface area contributed by atoms with Gasteiger partial charge in [-0.05, 0) is 38.0 Å². The first-order chi connectivity index (χ1) is 17.8. The van der Waals surface area contributed by atoms with Crippen molar-refractivity contribution in [2.24, 2.45) is 17.8 Å². The molecule has 3 aliphatic heterocycles. The van der Waals surface area contributed by atoms with Gasteiger partial charge in [0.25, 0.3) is 5.92 Å². The zero-order valence-corrected chi connectivity index (χ0v) is 20.5. The minimum atomic E-state index is -5.25. The molecule has 0 aromatic rings. The Labute approximate surface area is 215 Å². The van der Waals surface area contributed by atoms with Gasteiger partial charge in [0.2, 0.25) is 17.7 Å². The van der Waals surface area contributed by atoms with Crippen LogP contribution in [0.15, 0.2) is 0 Å². The summed E-state index contributed by atoms with van der Waals surface area (Å²) in [5.41, 5.74) is 0. The number of rotatable bonds is 8. The Kier molecular flexibility index (Phi) is 7.86. The van der Waals surface area contributed by atoms with Gasteiger partial charge in [-0.15, -0.1) is 0 Å². The van der Waals surface area contributed by atoms with Crippen LogP contribution in [0, 0.1) is 29.1 Å². The minimum absolute atomic E-state index is 0.0504. The van der Waals surface area contributed by atoms with Crippen molar-refractivity contribution in [3.63, 3.8) is 0 Å². The molecule has 0 radical (unpaired) electrons. The molecule has 2 saturated carbocycles. The molecule has 5 rings (SSSR count). The monoisotopic (exact) mass is 547 g/mol. The fourth-order valence-electron chi connectivity index (χ4n) is 6.08. The Morgan fingerprint density at radius 3 is 2.34 bits per heavy atom. The van der Waals surface area contributed by atoms with Gasteiger partial charge in [-0.25, -0.2) is 8.78 Å². The molecule has 210 valence electrons. The van der Waals surface area contributed by atoms with Crippen molar-refractivity contribution in [3.05, 3.63) is 0 Å². The van der Waals surface area contributed by atoms with Gasteiger partial charge in [-0.1, -0.05) is 19.3 Å². The van der Waals surface area contributed by atoms with Crippen LogP contribution in [0.5, 0.6) is 0 Å². The van der Waals surface area contributed by atoms with Crippen LogP contribution < -0.4 is 16.0 Å². The van der Waals surface area contributed by atoms with E-state index in [1.54, 1.807) is 5.32 Å². The van der Waals surface area contributed by atoms with Crippen LogP contribution in [0.25, 0.3) is 0 Å². The smallest absolute Gasteiger partial charge is 0.356 e. The van der Waals surface area contributed by atoms with Crippen LogP contribution >= 0.6 is 0 Å². The van der Waals surface area contributed by atoms with E-state index in [0.717, 1.165) is 11.3 Å². The van der Waals surface area contributed by atoms with Crippen LogP contribution in [0.4, 0.5) is 22.0 Å². The Bertz CT molecular complexity index is 1010. The molecular weight excluding hydrogens is 517 g/mol. The van der Waals surface area contributed by atoms with E-state index in [4.69, 9.17) is 0 Å². The number of carbonyl (C=O) groups is 4. The van der Waals surface area contributed by atoms with E-state index in [-0.39, 0.29) is 37.5 Å². The van der Waals surface area contributed by atoms with Gasteiger partial charge in [0.15, 0.2) is 0 Å². The van der Waals surface area contributed by atoms with Crippen molar-refractivity contribution in [2.75, 3.05) is 6.54 Å². The maximum atomic E-state index is 14.9. The fourth-order valence-corrected chi connectivity index (χ4v) is 6.08. The summed E-state index contributed by atoms with van der Waals surface area (Å²) in [6.07, 6.45) is -3.56. The van der Waals surface area contributed by atoms with Crippen LogP contribution in [-0.4, -0.2) is 71.3 Å². The maximum Gasteiger partial charge on any atom is 0.471 e. The minimum Gasteiger partial charge on any atom is -0.356 e. The van der Waals surface area contributed by atoms with Gasteiger partial charge in [0.05, 0.1) is 12.0 Å². The second-order valence-corrected chi connectivity index (χ2v) is 10.8. The van der Waals surface area contributed by atoms with E-state index in [2.05, 4.69) is 10.6 Å². The topological polar surface area (TPSA) is 131 Å². The number of hydrogen-bond acceptors (Lipinski definition) is 5. The summed E-state index contributed by atoms with van der Waals surface area (Å²) in [6, 6.07) is -3.83. The number of nitriles is 1. The lowest BCUT2D eigenvalue weighted by Crippen LogP contribution is -2.71. The lowest BCUT2D eigenvalue weighted by Gasteiger charge is -2.54. The molecule has 9 nitrogen and oxygen atoms in total. The number of alkyl halides is 5. The Morgan fingerprint density at radius 1 is 1.11 bits per heavy atom. The second-order valence-electron chi connectivity index (χ2n) is 10.8. The third-order valence-electron chi connectivity index (χ3n) is 8.27. The highest BCUT2D eigenvalue weighted by Crippen LogP contribution is 2.49. The zero-order valence-electron chi connectivity index (χ0n) is 20.5. The maximum absolute atomic E-state index is 14.9. The molecule has 6 atom stereocenters. The molecule has 0 aromatic carbocycles. The number of nitrogens with one attached hydrogen (secondary N) is 3. The molecule has 2 bridgehead atoms. The lowest BCUT2D eigenvalue weighted by molar-refractivity contribution is -0.196. The average Bonchev–Trinajstić information content (AvgIpc) is 3.21. The predicted octanol–water partition coefficient (Wildman–Crippen LogP) is 1.77. The van der Waals surface area contributed by atoms with Crippen LogP contribution in [0.2, 0.25) is 0 Å². The fraction of sp³-hybridized carbons (Fsp3) is 0.792. The van der Waals surface area contributed by atoms with E-state index in [1.807, 2.05) is 6.07 Å². The first-order valence-electron chi connectivity index (χ1n) is 12.9. The number of hydrogen-bond donors (Lipinski definition) is 3. The number of amides is 4. The molecule has 4 amide bonds. The largest absolute Gasteiger partial charge is 0.471 e.